The van der Waals surface area contributed by atoms with Gasteiger partial charge in [-0.3, -0.25) is 4.79 Å². The Hall–Kier alpha value is -3.17. The van der Waals surface area contributed by atoms with E-state index < -0.39 is 0 Å². The minimum Gasteiger partial charge on any atom is -0.376 e. The normalized spacial score (nSPS) is 15.5. The van der Waals surface area contributed by atoms with Crippen LogP contribution < -0.4 is 16.0 Å². The number of carbonyl (C=O) groups is 2. The van der Waals surface area contributed by atoms with Crippen molar-refractivity contribution in [1.29, 1.82) is 0 Å². The average molecular weight is 484 g/mol. The van der Waals surface area contributed by atoms with Crippen molar-refractivity contribution >= 4 is 39.2 Å². The number of aromatic nitrogens is 2. The SMILES string of the molecule is O=C(NCC1CCCO1)Nc1ccc(NC(=O)c2cnn(-c3ccc(Br)cc3)c2)cc1. The highest BCUT2D eigenvalue weighted by Crippen LogP contribution is 2.17. The first-order valence-electron chi connectivity index (χ1n) is 9.95. The van der Waals surface area contributed by atoms with Crippen molar-refractivity contribution in [1.82, 2.24) is 15.1 Å². The van der Waals surface area contributed by atoms with Crippen molar-refractivity contribution in [3.05, 3.63) is 71.0 Å². The molecule has 1 saturated heterocycles. The Morgan fingerprint density at radius 2 is 1.77 bits per heavy atom. The van der Waals surface area contributed by atoms with Gasteiger partial charge in [-0.1, -0.05) is 15.9 Å². The van der Waals surface area contributed by atoms with Crippen LogP contribution in [0.15, 0.2) is 65.4 Å². The molecule has 31 heavy (non-hydrogen) atoms. The first kappa shape index (κ1) is 21.1. The maximum Gasteiger partial charge on any atom is 0.319 e. The monoisotopic (exact) mass is 483 g/mol. The number of urea groups is 1. The summed E-state index contributed by atoms with van der Waals surface area (Å²) in [5, 5.41) is 12.7. The van der Waals surface area contributed by atoms with Crippen LogP contribution in [0.3, 0.4) is 0 Å². The van der Waals surface area contributed by atoms with Crippen molar-refractivity contribution in [2.24, 2.45) is 0 Å². The Bertz CT molecular complexity index is 1040. The Labute approximate surface area is 188 Å². The van der Waals surface area contributed by atoms with Crippen LogP contribution in [0.1, 0.15) is 23.2 Å². The second-order valence-corrected chi connectivity index (χ2v) is 8.07. The predicted octanol–water partition coefficient (Wildman–Crippen LogP) is 4.19. The van der Waals surface area contributed by atoms with Crippen LogP contribution >= 0.6 is 15.9 Å². The zero-order valence-electron chi connectivity index (χ0n) is 16.7. The van der Waals surface area contributed by atoms with E-state index in [1.165, 1.54) is 6.20 Å². The Morgan fingerprint density at radius 1 is 1.06 bits per heavy atom. The number of nitrogens with zero attached hydrogens (tertiary/aromatic N) is 2. The zero-order chi connectivity index (χ0) is 21.6. The van der Waals surface area contributed by atoms with Gasteiger partial charge >= 0.3 is 6.03 Å². The molecule has 3 amide bonds. The quantitative estimate of drug-likeness (QED) is 0.489. The van der Waals surface area contributed by atoms with Crippen molar-refractivity contribution in [2.45, 2.75) is 18.9 Å². The van der Waals surface area contributed by atoms with Crippen LogP contribution in [-0.2, 0) is 4.74 Å². The van der Waals surface area contributed by atoms with E-state index in [4.69, 9.17) is 4.74 Å². The van der Waals surface area contributed by atoms with Gasteiger partial charge in [-0.05, 0) is 61.4 Å². The van der Waals surface area contributed by atoms with Crippen LogP contribution in [-0.4, -0.2) is 41.0 Å². The highest BCUT2D eigenvalue weighted by Gasteiger charge is 2.16. The Kier molecular flexibility index (Phi) is 6.63. The van der Waals surface area contributed by atoms with Crippen LogP contribution in [0.2, 0.25) is 0 Å². The van der Waals surface area contributed by atoms with Gasteiger partial charge in [0.05, 0.1) is 23.6 Å². The van der Waals surface area contributed by atoms with Crippen molar-refractivity contribution in [3.63, 3.8) is 0 Å². The van der Waals surface area contributed by atoms with Gasteiger partial charge in [0.15, 0.2) is 0 Å². The number of rotatable bonds is 6. The minimum absolute atomic E-state index is 0.0939. The number of hydrogen-bond acceptors (Lipinski definition) is 4. The molecular weight excluding hydrogens is 462 g/mol. The van der Waals surface area contributed by atoms with E-state index in [9.17, 15) is 9.59 Å². The molecule has 160 valence electrons. The van der Waals surface area contributed by atoms with Crippen LogP contribution in [0, 0.1) is 0 Å². The second-order valence-electron chi connectivity index (χ2n) is 7.15. The maximum atomic E-state index is 12.5. The number of halogens is 1. The molecule has 1 aliphatic rings. The van der Waals surface area contributed by atoms with Crippen LogP contribution in [0.25, 0.3) is 5.69 Å². The summed E-state index contributed by atoms with van der Waals surface area (Å²) in [6.45, 7) is 1.25. The van der Waals surface area contributed by atoms with Gasteiger partial charge in [0.25, 0.3) is 5.91 Å². The van der Waals surface area contributed by atoms with Crippen molar-refractivity contribution in [2.75, 3.05) is 23.8 Å². The summed E-state index contributed by atoms with van der Waals surface area (Å²) in [5.74, 6) is -0.265. The van der Waals surface area contributed by atoms with Gasteiger partial charge in [0.1, 0.15) is 0 Å². The van der Waals surface area contributed by atoms with Crippen LogP contribution in [0.5, 0.6) is 0 Å². The topological polar surface area (TPSA) is 97.3 Å². The number of amides is 3. The maximum absolute atomic E-state index is 12.5. The van der Waals surface area contributed by atoms with Gasteiger partial charge in [0.2, 0.25) is 0 Å². The van der Waals surface area contributed by atoms with E-state index >= 15 is 0 Å². The molecule has 0 bridgehead atoms. The Morgan fingerprint density at radius 3 is 2.45 bits per heavy atom. The molecule has 8 nitrogen and oxygen atoms in total. The number of benzene rings is 2. The van der Waals surface area contributed by atoms with Gasteiger partial charge in [-0.25, -0.2) is 9.48 Å². The number of anilines is 2. The average Bonchev–Trinajstić information content (AvgIpc) is 3.47. The lowest BCUT2D eigenvalue weighted by molar-refractivity contribution is 0.102. The van der Waals surface area contributed by atoms with Crippen molar-refractivity contribution in [3.8, 4) is 5.69 Å². The zero-order valence-corrected chi connectivity index (χ0v) is 18.3. The largest absolute Gasteiger partial charge is 0.376 e. The summed E-state index contributed by atoms with van der Waals surface area (Å²) in [4.78, 5) is 24.5. The molecule has 2 aromatic carbocycles. The standard InChI is InChI=1S/C22H22BrN5O3/c23-16-3-9-19(10-4-16)28-14-15(12-25-28)21(29)26-17-5-7-18(8-6-17)27-22(30)24-13-20-2-1-11-31-20/h3-10,12,14,20H,1-2,11,13H2,(H,26,29)(H2,24,27,30). The molecule has 0 spiro atoms. The van der Waals surface area contributed by atoms with Gasteiger partial charge in [0, 0.05) is 35.2 Å². The molecule has 3 aromatic rings. The molecule has 0 saturated carbocycles. The molecule has 3 N–H and O–H groups in total. The summed E-state index contributed by atoms with van der Waals surface area (Å²) >= 11 is 3.40. The number of hydrogen-bond donors (Lipinski definition) is 3. The molecule has 2 heterocycles. The van der Waals surface area contributed by atoms with E-state index in [-0.39, 0.29) is 18.0 Å². The first-order chi connectivity index (χ1) is 15.1. The molecule has 1 atom stereocenters. The van der Waals surface area contributed by atoms with E-state index in [0.717, 1.165) is 29.6 Å². The molecule has 1 unspecified atom stereocenters. The molecular formula is C22H22BrN5O3. The Balaban J connectivity index is 1.29. The molecule has 1 aliphatic heterocycles. The van der Waals surface area contributed by atoms with Gasteiger partial charge in [-0.2, -0.15) is 5.10 Å². The third-order valence-electron chi connectivity index (χ3n) is 4.85. The minimum atomic E-state index is -0.285. The lowest BCUT2D eigenvalue weighted by atomic mass is 10.2. The van der Waals surface area contributed by atoms with E-state index in [1.807, 2.05) is 24.3 Å². The number of carbonyl (C=O) groups excluding carboxylic acids is 2. The third kappa shape index (κ3) is 5.71. The molecule has 0 aliphatic carbocycles. The first-order valence-corrected chi connectivity index (χ1v) is 10.7. The number of ether oxygens (including phenoxy) is 1. The molecule has 0 radical (unpaired) electrons. The lowest BCUT2D eigenvalue weighted by Gasteiger charge is -2.12. The lowest BCUT2D eigenvalue weighted by Crippen LogP contribution is -2.35. The fourth-order valence-corrected chi connectivity index (χ4v) is 3.47. The summed E-state index contributed by atoms with van der Waals surface area (Å²) in [7, 11) is 0. The van der Waals surface area contributed by atoms with Gasteiger partial charge < -0.3 is 20.7 Å². The fraction of sp³-hybridized carbons (Fsp3) is 0.227. The van der Waals surface area contributed by atoms with E-state index in [2.05, 4.69) is 37.0 Å². The molecule has 4 rings (SSSR count). The van der Waals surface area contributed by atoms with Crippen LogP contribution in [0.4, 0.5) is 16.2 Å². The summed E-state index contributed by atoms with van der Waals surface area (Å²) in [5.41, 5.74) is 2.55. The third-order valence-corrected chi connectivity index (χ3v) is 5.38. The molecule has 1 fully saturated rings. The molecule has 1 aromatic heterocycles. The fourth-order valence-electron chi connectivity index (χ4n) is 3.20. The smallest absolute Gasteiger partial charge is 0.319 e. The van der Waals surface area contributed by atoms with E-state index in [1.54, 1.807) is 35.1 Å². The highest BCUT2D eigenvalue weighted by molar-refractivity contribution is 9.10. The summed E-state index contributed by atoms with van der Waals surface area (Å²) in [6.07, 6.45) is 5.29. The molecule has 9 heteroatoms. The summed E-state index contributed by atoms with van der Waals surface area (Å²) in [6, 6.07) is 14.3. The van der Waals surface area contributed by atoms with E-state index in [0.29, 0.717) is 23.5 Å². The van der Waals surface area contributed by atoms with Gasteiger partial charge in [-0.15, -0.1) is 0 Å². The summed E-state index contributed by atoms with van der Waals surface area (Å²) < 4.78 is 8.10. The second kappa shape index (κ2) is 9.76. The highest BCUT2D eigenvalue weighted by atomic mass is 79.9. The van der Waals surface area contributed by atoms with Crippen molar-refractivity contribution < 1.29 is 14.3 Å². The number of nitrogens with one attached hydrogen (secondary N) is 3. The predicted molar refractivity (Wildman–Crippen MR) is 122 cm³/mol.